The van der Waals surface area contributed by atoms with Crippen molar-refractivity contribution in [3.63, 3.8) is 0 Å². The summed E-state index contributed by atoms with van der Waals surface area (Å²) in [6.07, 6.45) is 3.37. The summed E-state index contributed by atoms with van der Waals surface area (Å²) in [6.45, 7) is 3.88. The predicted octanol–water partition coefficient (Wildman–Crippen LogP) is 14.5. The SMILES string of the molecule is CCOC(=O)c1c2[nH]c(c1C)C(c1c(F)c(F)c(F)c(F)c1F)c1ccc([nH]1)C(c1c(F)c(F)c(F)c(F)c1F)C1C=CC(N1)C(c1c(F)c(F)c(F)c(F)c1F)c1ccc([nH]1)C(c1c(F)c(F)c(F)c(F)c1F)c1[nH]c(c(C(=O)OCC)c1C)/C=C\2. The van der Waals surface area contributed by atoms with Crippen molar-refractivity contribution in [3.05, 3.63) is 243 Å². The van der Waals surface area contributed by atoms with Crippen LogP contribution >= 0.6 is 0 Å². The normalized spacial score (nSPS) is 18.8. The molecule has 0 aliphatic carbocycles. The van der Waals surface area contributed by atoms with Gasteiger partial charge in [-0.15, -0.1) is 0 Å². The summed E-state index contributed by atoms with van der Waals surface area (Å²) in [5.41, 5.74) is -14.9. The first-order chi connectivity index (χ1) is 41.1. The Morgan fingerprint density at radius 1 is 0.368 bits per heavy atom. The van der Waals surface area contributed by atoms with Gasteiger partial charge in [-0.1, -0.05) is 12.2 Å². The lowest BCUT2D eigenvalue weighted by Gasteiger charge is -2.29. The molecule has 0 radical (unpaired) electrons. The lowest BCUT2D eigenvalue weighted by Crippen LogP contribution is -2.40. The molecule has 4 aromatic carbocycles. The van der Waals surface area contributed by atoms with E-state index >= 15 is 70.2 Å². The first-order valence-corrected chi connectivity index (χ1v) is 25.5. The van der Waals surface area contributed by atoms with Gasteiger partial charge in [0, 0.05) is 80.3 Å². The first-order valence-electron chi connectivity index (χ1n) is 25.5. The molecular weight excluding hydrogens is 1210 g/mol. The van der Waals surface area contributed by atoms with Crippen molar-refractivity contribution in [2.24, 2.45) is 0 Å². The van der Waals surface area contributed by atoms with E-state index in [1.165, 1.54) is 13.8 Å². The van der Waals surface area contributed by atoms with E-state index in [9.17, 15) is 27.2 Å². The second-order valence-electron chi connectivity index (χ2n) is 19.8. The van der Waals surface area contributed by atoms with E-state index in [2.05, 4.69) is 25.3 Å². The minimum atomic E-state index is -2.73. The van der Waals surface area contributed by atoms with Gasteiger partial charge in [0.1, 0.15) is 0 Å². The van der Waals surface area contributed by atoms with Gasteiger partial charge in [-0.3, -0.25) is 0 Å². The molecule has 0 fully saturated rings. The summed E-state index contributed by atoms with van der Waals surface area (Å²) < 4.78 is 325. The van der Waals surface area contributed by atoms with E-state index in [4.69, 9.17) is 9.47 Å². The van der Waals surface area contributed by atoms with Crippen LogP contribution in [0.4, 0.5) is 87.8 Å². The Hall–Kier alpha value is -9.02. The van der Waals surface area contributed by atoms with Crippen LogP contribution in [-0.2, 0) is 9.47 Å². The summed E-state index contributed by atoms with van der Waals surface area (Å²) in [5, 5.41) is 2.54. The highest BCUT2D eigenvalue weighted by molar-refractivity contribution is 5.99. The largest absolute Gasteiger partial charge is 0.462 e. The van der Waals surface area contributed by atoms with Crippen LogP contribution in [0, 0.1) is 130 Å². The maximum Gasteiger partial charge on any atom is 0.340 e. The molecule has 5 N–H and O–H groups in total. The standard InChI is InChI=1S/C58H35F20N5O4/c1-5-86-57(84)25-15(3)55-29(33-39(63)47(71)53(77)48(72)40(33)64)23-13-11-21(80-23)27(31-35(59)43(67)51(75)44(68)36(31)60)19-9-10-20(79-19)28(32-37(61)45(69)52(76)46(70)38(32)62)22-12-14-24(81-22)30(34-41(65)49(73)54(78)50(74)42(34)66)56-16(4)26(58(85)87-6-2)18(83-56)8-7-17(25)82-55/h7-14,19-20,27-30,79-83H,5-6H2,1-4H3/b8-7-. The maximum absolute atomic E-state index is 16.5. The number of aromatic amines is 4. The number of fused-ring (bicyclic) bond motifs is 10. The molecule has 29 heteroatoms. The number of esters is 2. The number of carbonyl (C=O) groups excluding carboxylic acids is 2. The summed E-state index contributed by atoms with van der Waals surface area (Å²) >= 11 is 0. The van der Waals surface area contributed by atoms with Gasteiger partial charge in [-0.25, -0.2) is 97.4 Å². The van der Waals surface area contributed by atoms with Crippen molar-refractivity contribution >= 4 is 24.1 Å². The van der Waals surface area contributed by atoms with Gasteiger partial charge >= 0.3 is 11.9 Å². The highest BCUT2D eigenvalue weighted by Gasteiger charge is 2.45. The van der Waals surface area contributed by atoms with Crippen molar-refractivity contribution in [1.82, 2.24) is 25.3 Å². The lowest BCUT2D eigenvalue weighted by molar-refractivity contribution is 0.0515. The van der Waals surface area contributed by atoms with Gasteiger partial charge in [-0.2, -0.15) is 0 Å². The topological polar surface area (TPSA) is 128 Å². The minimum absolute atomic E-state index is 0.416. The molecule has 10 rings (SSSR count). The Balaban J connectivity index is 1.36. The summed E-state index contributed by atoms with van der Waals surface area (Å²) in [6, 6.07) is -1.16. The molecule has 87 heavy (non-hydrogen) atoms. The number of hydrogen-bond acceptors (Lipinski definition) is 5. The molecule has 456 valence electrons. The molecule has 0 saturated heterocycles. The number of nitrogens with one attached hydrogen (secondary N) is 5. The van der Waals surface area contributed by atoms with Crippen LogP contribution in [0.25, 0.3) is 12.2 Å². The van der Waals surface area contributed by atoms with Gasteiger partial charge in [0.15, 0.2) is 93.1 Å². The predicted molar refractivity (Wildman–Crippen MR) is 264 cm³/mol. The van der Waals surface area contributed by atoms with Gasteiger partial charge in [0.2, 0.25) is 23.3 Å². The van der Waals surface area contributed by atoms with Crippen LogP contribution in [0.1, 0.15) is 137 Å². The molecule has 4 aromatic heterocycles. The van der Waals surface area contributed by atoms with Crippen molar-refractivity contribution in [1.29, 1.82) is 0 Å². The zero-order valence-corrected chi connectivity index (χ0v) is 44.2. The molecule has 10 bridgehead atoms. The Bertz CT molecular complexity index is 3890. The van der Waals surface area contributed by atoms with Gasteiger partial charge in [0.05, 0.1) is 47.6 Å². The monoisotopic (exact) mass is 1250 g/mol. The van der Waals surface area contributed by atoms with Gasteiger partial charge in [-0.05, 0) is 75.2 Å². The van der Waals surface area contributed by atoms with E-state index in [1.807, 2.05) is 0 Å². The van der Waals surface area contributed by atoms with Gasteiger partial charge < -0.3 is 34.7 Å². The van der Waals surface area contributed by atoms with E-state index in [0.29, 0.717) is 0 Å². The fourth-order valence-electron chi connectivity index (χ4n) is 11.3. The van der Waals surface area contributed by atoms with Gasteiger partial charge in [0.25, 0.3) is 0 Å². The van der Waals surface area contributed by atoms with Crippen LogP contribution in [-0.4, -0.2) is 57.2 Å². The number of rotatable bonds is 8. The molecule has 9 nitrogen and oxygen atoms in total. The summed E-state index contributed by atoms with van der Waals surface area (Å²) in [7, 11) is 0. The average molecular weight is 1250 g/mol. The maximum atomic E-state index is 16.5. The molecule has 6 unspecified atom stereocenters. The third-order valence-electron chi connectivity index (χ3n) is 15.1. The smallest absolute Gasteiger partial charge is 0.340 e. The van der Waals surface area contributed by atoms with Crippen LogP contribution in [0.15, 0.2) is 36.4 Å². The summed E-state index contributed by atoms with van der Waals surface area (Å²) in [4.78, 5) is 38.2. The van der Waals surface area contributed by atoms with Crippen molar-refractivity contribution in [3.8, 4) is 0 Å². The third kappa shape index (κ3) is 9.54. The first kappa shape index (κ1) is 61.1. The number of hydrogen-bond donors (Lipinski definition) is 5. The molecule has 8 aromatic rings. The van der Waals surface area contributed by atoms with E-state index < -0.39 is 267 Å². The molecule has 2 aliphatic rings. The van der Waals surface area contributed by atoms with Crippen LogP contribution in [0.2, 0.25) is 0 Å². The fraction of sp³-hybridized carbons (Fsp3) is 0.207. The number of carbonyl (C=O) groups is 2. The Labute approximate surface area is 474 Å². The summed E-state index contributed by atoms with van der Waals surface area (Å²) in [5.74, 6) is -64.7. The Morgan fingerprint density at radius 3 is 0.897 bits per heavy atom. The quantitative estimate of drug-likeness (QED) is 0.0340. The highest BCUT2D eigenvalue weighted by atomic mass is 19.2. The second-order valence-corrected chi connectivity index (χ2v) is 19.8. The second kappa shape index (κ2) is 22.7. The zero-order valence-electron chi connectivity index (χ0n) is 44.2. The molecule has 2 aliphatic heterocycles. The molecule has 6 heterocycles. The Morgan fingerprint density at radius 2 is 0.621 bits per heavy atom. The van der Waals surface area contributed by atoms with Crippen LogP contribution < -0.4 is 5.32 Å². The van der Waals surface area contributed by atoms with E-state index in [-0.39, 0.29) is 0 Å². The lowest BCUT2D eigenvalue weighted by atomic mass is 9.86. The Kier molecular flexibility index (Phi) is 15.9. The number of ether oxygens (including phenoxy) is 2. The number of halogens is 20. The number of H-pyrrole nitrogens is 4. The molecular formula is C58H35F20N5O4. The van der Waals surface area contributed by atoms with Crippen LogP contribution in [0.5, 0.6) is 0 Å². The molecule has 0 spiro atoms. The molecule has 6 atom stereocenters. The minimum Gasteiger partial charge on any atom is -0.462 e. The molecule has 0 amide bonds. The number of benzene rings is 4. The number of aromatic nitrogens is 4. The van der Waals surface area contributed by atoms with Crippen molar-refractivity contribution in [2.45, 2.75) is 63.5 Å². The average Bonchev–Trinajstić information content (AvgIpc) is 1.99. The van der Waals surface area contributed by atoms with Crippen LogP contribution in [0.3, 0.4) is 0 Å². The highest BCUT2D eigenvalue weighted by Crippen LogP contribution is 2.47. The van der Waals surface area contributed by atoms with Crippen molar-refractivity contribution < 1.29 is 107 Å². The van der Waals surface area contributed by atoms with E-state index in [0.717, 1.165) is 62.4 Å². The molecule has 0 saturated carbocycles. The fourth-order valence-corrected chi connectivity index (χ4v) is 11.3. The van der Waals surface area contributed by atoms with Crippen molar-refractivity contribution in [2.75, 3.05) is 13.2 Å². The zero-order chi connectivity index (χ0) is 63.4. The third-order valence-corrected chi connectivity index (χ3v) is 15.1. The van der Waals surface area contributed by atoms with E-state index in [1.54, 1.807) is 0 Å².